The van der Waals surface area contributed by atoms with Gasteiger partial charge in [0.2, 0.25) is 0 Å². The monoisotopic (exact) mass is 296 g/mol. The highest BCUT2D eigenvalue weighted by Gasteiger charge is 2.18. The van der Waals surface area contributed by atoms with Crippen LogP contribution in [0.3, 0.4) is 0 Å². The number of fused-ring (bicyclic) bond motifs is 1. The standard InChI is InChI=1S/C18H16O4/c1-20-16-9-8-14(18(19)21-2)15-11-13(22-17(15)16)10-12-6-4-3-5-7-12/h3-9,11H,10H2,1-2H3. The zero-order chi connectivity index (χ0) is 15.5. The molecule has 1 heterocycles. The van der Waals surface area contributed by atoms with Gasteiger partial charge in [-0.1, -0.05) is 30.3 Å². The second-order valence-corrected chi connectivity index (χ2v) is 4.92. The minimum absolute atomic E-state index is 0.389. The van der Waals surface area contributed by atoms with Gasteiger partial charge in [-0.25, -0.2) is 4.79 Å². The van der Waals surface area contributed by atoms with Crippen LogP contribution in [0.5, 0.6) is 5.75 Å². The van der Waals surface area contributed by atoms with Crippen molar-refractivity contribution in [2.45, 2.75) is 6.42 Å². The maximum absolute atomic E-state index is 11.9. The predicted octanol–water partition coefficient (Wildman–Crippen LogP) is 3.82. The first-order valence-electron chi connectivity index (χ1n) is 6.94. The Morgan fingerprint density at radius 1 is 1.09 bits per heavy atom. The third kappa shape index (κ3) is 2.55. The molecule has 0 saturated carbocycles. The molecule has 0 aliphatic heterocycles. The van der Waals surface area contributed by atoms with Gasteiger partial charge in [-0.2, -0.15) is 0 Å². The third-order valence-corrected chi connectivity index (χ3v) is 3.54. The molecule has 0 amide bonds. The first kappa shape index (κ1) is 14.2. The fourth-order valence-electron chi connectivity index (χ4n) is 2.48. The summed E-state index contributed by atoms with van der Waals surface area (Å²) >= 11 is 0. The van der Waals surface area contributed by atoms with Crippen molar-refractivity contribution in [1.29, 1.82) is 0 Å². The number of benzene rings is 2. The van der Waals surface area contributed by atoms with E-state index in [-0.39, 0.29) is 5.97 Å². The summed E-state index contributed by atoms with van der Waals surface area (Å²) in [6.45, 7) is 0. The van der Waals surface area contributed by atoms with Crippen molar-refractivity contribution in [3.8, 4) is 5.75 Å². The quantitative estimate of drug-likeness (QED) is 0.687. The second-order valence-electron chi connectivity index (χ2n) is 4.92. The zero-order valence-corrected chi connectivity index (χ0v) is 12.5. The summed E-state index contributed by atoms with van der Waals surface area (Å²) in [6.07, 6.45) is 0.652. The van der Waals surface area contributed by atoms with E-state index in [2.05, 4.69) is 0 Å². The Bertz CT molecular complexity index is 803. The van der Waals surface area contributed by atoms with Crippen LogP contribution in [0.2, 0.25) is 0 Å². The number of carbonyl (C=O) groups is 1. The van der Waals surface area contributed by atoms with E-state index in [0.717, 1.165) is 11.3 Å². The van der Waals surface area contributed by atoms with Crippen molar-refractivity contribution < 1.29 is 18.7 Å². The minimum atomic E-state index is -0.389. The molecule has 0 atom stereocenters. The number of esters is 1. The molecule has 0 fully saturated rings. The molecule has 4 nitrogen and oxygen atoms in total. The van der Waals surface area contributed by atoms with Crippen molar-refractivity contribution in [1.82, 2.24) is 0 Å². The van der Waals surface area contributed by atoms with E-state index in [4.69, 9.17) is 13.9 Å². The molecular formula is C18H16O4. The van der Waals surface area contributed by atoms with E-state index in [0.29, 0.717) is 28.7 Å². The molecular weight excluding hydrogens is 280 g/mol. The van der Waals surface area contributed by atoms with Crippen LogP contribution in [0, 0.1) is 0 Å². The number of hydrogen-bond acceptors (Lipinski definition) is 4. The Labute approximate surface area is 128 Å². The average Bonchev–Trinajstić information content (AvgIpc) is 2.97. The summed E-state index contributed by atoms with van der Waals surface area (Å²) in [5.74, 6) is 0.984. The van der Waals surface area contributed by atoms with Crippen LogP contribution in [0.1, 0.15) is 21.7 Å². The van der Waals surface area contributed by atoms with Crippen molar-refractivity contribution in [2.75, 3.05) is 14.2 Å². The maximum atomic E-state index is 11.9. The summed E-state index contributed by atoms with van der Waals surface area (Å²) in [7, 11) is 2.94. The van der Waals surface area contributed by atoms with Gasteiger partial charge in [-0.15, -0.1) is 0 Å². The summed E-state index contributed by atoms with van der Waals surface area (Å²) in [6, 6.07) is 15.3. The lowest BCUT2D eigenvalue weighted by Gasteiger charge is -2.04. The molecule has 4 heteroatoms. The molecule has 22 heavy (non-hydrogen) atoms. The Kier molecular flexibility index (Phi) is 3.83. The van der Waals surface area contributed by atoms with Crippen molar-refractivity contribution in [3.05, 3.63) is 65.4 Å². The van der Waals surface area contributed by atoms with E-state index in [1.165, 1.54) is 7.11 Å². The van der Waals surface area contributed by atoms with Crippen LogP contribution in [-0.4, -0.2) is 20.2 Å². The first-order valence-corrected chi connectivity index (χ1v) is 6.94. The number of furan rings is 1. The first-order chi connectivity index (χ1) is 10.7. The van der Waals surface area contributed by atoms with Gasteiger partial charge in [0, 0.05) is 11.8 Å². The molecule has 0 saturated heterocycles. The molecule has 3 aromatic rings. The molecule has 0 aliphatic rings. The van der Waals surface area contributed by atoms with E-state index in [1.54, 1.807) is 19.2 Å². The SMILES string of the molecule is COC(=O)c1ccc(OC)c2oc(Cc3ccccc3)cc12. The van der Waals surface area contributed by atoms with Gasteiger partial charge in [0.05, 0.1) is 19.8 Å². The Balaban J connectivity index is 2.08. The summed E-state index contributed by atoms with van der Waals surface area (Å²) in [4.78, 5) is 11.9. The highest BCUT2D eigenvalue weighted by Crippen LogP contribution is 2.32. The van der Waals surface area contributed by atoms with Crippen LogP contribution >= 0.6 is 0 Å². The summed E-state index contributed by atoms with van der Waals surface area (Å²) in [5, 5.41) is 0.706. The Morgan fingerprint density at radius 3 is 2.55 bits per heavy atom. The number of ether oxygens (including phenoxy) is 2. The normalized spacial score (nSPS) is 10.6. The zero-order valence-electron chi connectivity index (χ0n) is 12.5. The van der Waals surface area contributed by atoms with Crippen LogP contribution in [0.4, 0.5) is 0 Å². The van der Waals surface area contributed by atoms with E-state index in [1.807, 2.05) is 36.4 Å². The molecule has 2 aromatic carbocycles. The minimum Gasteiger partial charge on any atom is -0.493 e. The number of methoxy groups -OCH3 is 2. The van der Waals surface area contributed by atoms with Crippen LogP contribution in [-0.2, 0) is 11.2 Å². The van der Waals surface area contributed by atoms with Crippen molar-refractivity contribution in [3.63, 3.8) is 0 Å². The third-order valence-electron chi connectivity index (χ3n) is 3.54. The molecule has 1 aromatic heterocycles. The number of hydrogen-bond donors (Lipinski definition) is 0. The van der Waals surface area contributed by atoms with E-state index < -0.39 is 0 Å². The lowest BCUT2D eigenvalue weighted by molar-refractivity contribution is 0.0603. The number of carbonyl (C=O) groups excluding carboxylic acids is 1. The van der Waals surface area contributed by atoms with Crippen LogP contribution < -0.4 is 4.74 Å². The van der Waals surface area contributed by atoms with Crippen molar-refractivity contribution in [2.24, 2.45) is 0 Å². The average molecular weight is 296 g/mol. The fourth-order valence-corrected chi connectivity index (χ4v) is 2.48. The highest BCUT2D eigenvalue weighted by molar-refractivity contribution is 6.04. The molecule has 0 radical (unpaired) electrons. The topological polar surface area (TPSA) is 48.7 Å². The maximum Gasteiger partial charge on any atom is 0.338 e. The van der Waals surface area contributed by atoms with E-state index in [9.17, 15) is 4.79 Å². The fraction of sp³-hybridized carbons (Fsp3) is 0.167. The van der Waals surface area contributed by atoms with Gasteiger partial charge in [0.25, 0.3) is 0 Å². The molecule has 0 unspecified atom stereocenters. The van der Waals surface area contributed by atoms with Crippen LogP contribution in [0.15, 0.2) is 52.9 Å². The smallest absolute Gasteiger partial charge is 0.338 e. The van der Waals surface area contributed by atoms with Gasteiger partial charge < -0.3 is 13.9 Å². The number of rotatable bonds is 4. The van der Waals surface area contributed by atoms with Gasteiger partial charge in [0.1, 0.15) is 5.76 Å². The molecule has 3 rings (SSSR count). The Hall–Kier alpha value is -2.75. The largest absolute Gasteiger partial charge is 0.493 e. The molecule has 0 bridgehead atoms. The lowest BCUT2D eigenvalue weighted by atomic mass is 10.1. The highest BCUT2D eigenvalue weighted by atomic mass is 16.5. The van der Waals surface area contributed by atoms with Gasteiger partial charge >= 0.3 is 5.97 Å². The van der Waals surface area contributed by atoms with E-state index >= 15 is 0 Å². The lowest BCUT2D eigenvalue weighted by Crippen LogP contribution is -2.01. The summed E-state index contributed by atoms with van der Waals surface area (Å²) < 4.78 is 16.0. The van der Waals surface area contributed by atoms with Gasteiger partial charge in [-0.05, 0) is 23.8 Å². The van der Waals surface area contributed by atoms with Crippen molar-refractivity contribution >= 4 is 16.9 Å². The molecule has 0 spiro atoms. The van der Waals surface area contributed by atoms with Gasteiger partial charge in [0.15, 0.2) is 11.3 Å². The predicted molar refractivity (Wildman–Crippen MR) is 83.4 cm³/mol. The van der Waals surface area contributed by atoms with Crippen LogP contribution in [0.25, 0.3) is 11.0 Å². The summed E-state index contributed by atoms with van der Waals surface area (Å²) in [5.41, 5.74) is 2.18. The molecule has 112 valence electrons. The molecule has 0 N–H and O–H groups in total. The second kappa shape index (κ2) is 5.93. The Morgan fingerprint density at radius 2 is 1.86 bits per heavy atom. The van der Waals surface area contributed by atoms with Gasteiger partial charge in [-0.3, -0.25) is 0 Å². The molecule has 0 aliphatic carbocycles.